The summed E-state index contributed by atoms with van der Waals surface area (Å²) in [6.07, 6.45) is 4.54. The number of benzene rings is 2. The van der Waals surface area contributed by atoms with Gasteiger partial charge in [-0.05, 0) is 49.4 Å². The lowest BCUT2D eigenvalue weighted by molar-refractivity contribution is 0.0975. The van der Waals surface area contributed by atoms with Gasteiger partial charge in [-0.15, -0.1) is 5.10 Å². The average Bonchev–Trinajstić information content (AvgIpc) is 3.51. The predicted molar refractivity (Wildman–Crippen MR) is 121 cm³/mol. The molecule has 1 saturated carbocycles. The molecular weight excluding hydrogens is 426 g/mol. The van der Waals surface area contributed by atoms with Crippen molar-refractivity contribution in [3.63, 3.8) is 0 Å². The second-order valence-electron chi connectivity index (χ2n) is 8.28. The Kier molecular flexibility index (Phi) is 5.28. The minimum atomic E-state index is -1.08. The number of ketones is 1. The van der Waals surface area contributed by atoms with E-state index in [1.54, 1.807) is 23.8 Å². The van der Waals surface area contributed by atoms with Crippen LogP contribution in [-0.2, 0) is 0 Å². The lowest BCUT2D eigenvalue weighted by atomic mass is 9.98. The molecule has 2 heterocycles. The maximum absolute atomic E-state index is 14.1. The molecule has 33 heavy (non-hydrogen) atoms. The van der Waals surface area contributed by atoms with Crippen molar-refractivity contribution in [3.05, 3.63) is 71.4 Å². The van der Waals surface area contributed by atoms with Crippen molar-refractivity contribution >= 4 is 17.1 Å². The molecule has 0 amide bonds. The zero-order chi connectivity index (χ0) is 23.1. The van der Waals surface area contributed by atoms with E-state index >= 15 is 0 Å². The van der Waals surface area contributed by atoms with Gasteiger partial charge in [0.15, 0.2) is 23.0 Å². The monoisotopic (exact) mass is 448 g/mol. The third-order valence-corrected chi connectivity index (χ3v) is 5.84. The molecule has 5 rings (SSSR count). The van der Waals surface area contributed by atoms with Crippen molar-refractivity contribution in [3.8, 4) is 22.9 Å². The first kappa shape index (κ1) is 21.1. The third kappa shape index (κ3) is 4.04. The molecule has 1 aliphatic rings. The number of nitrogens with one attached hydrogen (secondary N) is 1. The van der Waals surface area contributed by atoms with Crippen molar-refractivity contribution in [1.82, 2.24) is 14.6 Å². The molecule has 1 N–H and O–H groups in total. The molecule has 1 aliphatic carbocycles. The number of imidazole rings is 1. The molecular formula is C25H22F2N4O2. The van der Waals surface area contributed by atoms with Gasteiger partial charge in [0, 0.05) is 30.7 Å². The predicted octanol–water partition coefficient (Wildman–Crippen LogP) is 5.80. The zero-order valence-corrected chi connectivity index (χ0v) is 18.2. The summed E-state index contributed by atoms with van der Waals surface area (Å²) >= 11 is 0. The smallest absolute Gasteiger partial charge is 0.239 e. The number of hydrogen-bond donors (Lipinski definition) is 1. The molecule has 0 spiro atoms. The van der Waals surface area contributed by atoms with Crippen molar-refractivity contribution in [2.75, 3.05) is 12.4 Å². The van der Waals surface area contributed by atoms with Gasteiger partial charge in [0.05, 0.1) is 17.6 Å². The first-order valence-electron chi connectivity index (χ1n) is 10.8. The third-order valence-electron chi connectivity index (χ3n) is 5.84. The van der Waals surface area contributed by atoms with Gasteiger partial charge in [0.25, 0.3) is 0 Å². The first-order valence-corrected chi connectivity index (χ1v) is 10.8. The number of aromatic nitrogens is 3. The Morgan fingerprint density at radius 1 is 1.21 bits per heavy atom. The fraction of sp³-hybridized carbons (Fsp3) is 0.240. The molecule has 4 aromatic rings. The molecule has 0 atom stereocenters. The van der Waals surface area contributed by atoms with E-state index in [2.05, 4.69) is 15.4 Å². The zero-order valence-electron chi connectivity index (χ0n) is 18.2. The van der Waals surface area contributed by atoms with Crippen LogP contribution in [-0.4, -0.2) is 27.4 Å². The van der Waals surface area contributed by atoms with Gasteiger partial charge in [0.2, 0.25) is 11.7 Å². The lowest BCUT2D eigenvalue weighted by Crippen LogP contribution is -2.04. The molecule has 0 radical (unpaired) electrons. The maximum atomic E-state index is 14.1. The number of ether oxygens (including phenoxy) is 1. The molecule has 0 bridgehead atoms. The van der Waals surface area contributed by atoms with Crippen LogP contribution in [0.1, 0.15) is 35.2 Å². The molecule has 6 nitrogen and oxygen atoms in total. The van der Waals surface area contributed by atoms with Crippen molar-refractivity contribution in [2.45, 2.75) is 26.2 Å². The Labute approximate surface area is 189 Å². The second-order valence-corrected chi connectivity index (χ2v) is 8.28. The van der Waals surface area contributed by atoms with Crippen molar-refractivity contribution in [2.24, 2.45) is 5.92 Å². The van der Waals surface area contributed by atoms with Gasteiger partial charge in [-0.2, -0.15) is 4.39 Å². The van der Waals surface area contributed by atoms with E-state index in [1.165, 1.54) is 12.1 Å². The normalized spacial score (nSPS) is 13.3. The quantitative estimate of drug-likeness (QED) is 0.362. The maximum Gasteiger partial charge on any atom is 0.239 e. The SMILES string of the molecule is CNc1cc(Oc2cccc(F)c2F)nn2c(-c3ccc(C(=O)CC4CC4)c(C)c3)cnc12. The summed E-state index contributed by atoms with van der Waals surface area (Å²) < 4.78 is 34.8. The summed E-state index contributed by atoms with van der Waals surface area (Å²) in [6, 6.07) is 10.9. The summed E-state index contributed by atoms with van der Waals surface area (Å²) in [4.78, 5) is 17.0. The van der Waals surface area contributed by atoms with Crippen LogP contribution in [0.5, 0.6) is 11.6 Å². The largest absolute Gasteiger partial charge is 0.434 e. The van der Waals surface area contributed by atoms with Crippen molar-refractivity contribution < 1.29 is 18.3 Å². The van der Waals surface area contributed by atoms with Crippen LogP contribution in [0.15, 0.2) is 48.7 Å². The van der Waals surface area contributed by atoms with Crippen LogP contribution >= 0.6 is 0 Å². The summed E-state index contributed by atoms with van der Waals surface area (Å²) in [5.74, 6) is -1.58. The van der Waals surface area contributed by atoms with Crippen LogP contribution in [0.4, 0.5) is 14.5 Å². The van der Waals surface area contributed by atoms with E-state index in [1.807, 2.05) is 25.1 Å². The van der Waals surface area contributed by atoms with Gasteiger partial charge >= 0.3 is 0 Å². The molecule has 0 saturated heterocycles. The molecule has 1 fully saturated rings. The van der Waals surface area contributed by atoms with Gasteiger partial charge < -0.3 is 10.1 Å². The summed E-state index contributed by atoms with van der Waals surface area (Å²) in [5, 5.41) is 7.49. The van der Waals surface area contributed by atoms with Gasteiger partial charge in [0.1, 0.15) is 0 Å². The van der Waals surface area contributed by atoms with Crippen LogP contribution in [0.3, 0.4) is 0 Å². The van der Waals surface area contributed by atoms with Gasteiger partial charge in [-0.1, -0.05) is 18.2 Å². The van der Waals surface area contributed by atoms with Gasteiger partial charge in [-0.25, -0.2) is 13.9 Å². The van der Waals surface area contributed by atoms with E-state index in [0.29, 0.717) is 29.4 Å². The number of fused-ring (bicyclic) bond motifs is 1. The number of aryl methyl sites for hydroxylation is 1. The summed E-state index contributed by atoms with van der Waals surface area (Å²) in [5.41, 5.74) is 4.27. The Morgan fingerprint density at radius 2 is 2.03 bits per heavy atom. The number of hydrogen-bond acceptors (Lipinski definition) is 5. The highest BCUT2D eigenvalue weighted by Gasteiger charge is 2.25. The number of rotatable bonds is 7. The highest BCUT2D eigenvalue weighted by atomic mass is 19.2. The van der Waals surface area contributed by atoms with Crippen molar-refractivity contribution in [1.29, 1.82) is 0 Å². The summed E-state index contributed by atoms with van der Waals surface area (Å²) in [6.45, 7) is 1.92. The lowest BCUT2D eigenvalue weighted by Gasteiger charge is -2.11. The molecule has 0 unspecified atom stereocenters. The minimum absolute atomic E-state index is 0.0727. The number of carbonyl (C=O) groups is 1. The number of carbonyl (C=O) groups excluding carboxylic acids is 1. The van der Waals surface area contributed by atoms with Crippen LogP contribution < -0.4 is 10.1 Å². The van der Waals surface area contributed by atoms with E-state index in [0.717, 1.165) is 35.6 Å². The average molecular weight is 448 g/mol. The molecule has 0 aliphatic heterocycles. The topological polar surface area (TPSA) is 68.5 Å². The van der Waals surface area contributed by atoms with Crippen LogP contribution in [0.25, 0.3) is 16.9 Å². The summed E-state index contributed by atoms with van der Waals surface area (Å²) in [7, 11) is 1.72. The van der Waals surface area contributed by atoms with E-state index in [4.69, 9.17) is 4.74 Å². The van der Waals surface area contributed by atoms with E-state index in [-0.39, 0.29) is 17.4 Å². The Bertz CT molecular complexity index is 1380. The standard InChI is InChI=1S/C25H22F2N4O2/c1-14-10-16(8-9-17(14)21(32)11-15-6-7-15)20-13-29-25-19(28-2)12-23(30-31(20)25)33-22-5-3-4-18(26)24(22)27/h3-5,8-10,12-13,15,28H,6-7,11H2,1-2H3. The number of nitrogens with zero attached hydrogens (tertiary/aromatic N) is 3. The Morgan fingerprint density at radius 3 is 2.76 bits per heavy atom. The highest BCUT2D eigenvalue weighted by Crippen LogP contribution is 2.35. The first-order chi connectivity index (χ1) is 15.9. The number of Topliss-reactive ketones (excluding diaryl/α,β-unsaturated/α-hetero) is 1. The Hall–Kier alpha value is -3.81. The minimum Gasteiger partial charge on any atom is -0.434 e. The number of anilines is 1. The second kappa shape index (κ2) is 8.27. The fourth-order valence-corrected chi connectivity index (χ4v) is 3.88. The molecule has 2 aromatic carbocycles. The van der Waals surface area contributed by atoms with Crippen LogP contribution in [0.2, 0.25) is 0 Å². The molecule has 8 heteroatoms. The van der Waals surface area contributed by atoms with E-state index < -0.39 is 11.6 Å². The highest BCUT2D eigenvalue weighted by molar-refractivity contribution is 5.98. The molecule has 2 aromatic heterocycles. The van der Waals surface area contributed by atoms with E-state index in [9.17, 15) is 13.6 Å². The van der Waals surface area contributed by atoms with Crippen LogP contribution in [0, 0.1) is 24.5 Å². The fourth-order valence-electron chi connectivity index (χ4n) is 3.88. The number of halogens is 2. The molecule has 168 valence electrons. The van der Waals surface area contributed by atoms with Gasteiger partial charge in [-0.3, -0.25) is 4.79 Å². The Balaban J connectivity index is 1.53.